The van der Waals surface area contributed by atoms with Crippen LogP contribution in [0.1, 0.15) is 62.5 Å². The highest BCUT2D eigenvalue weighted by atomic mass is 16.4. The first-order valence-electron chi connectivity index (χ1n) is 13.8. The quantitative estimate of drug-likeness (QED) is 0.252. The summed E-state index contributed by atoms with van der Waals surface area (Å²) in [6.45, 7) is 14.8. The van der Waals surface area contributed by atoms with E-state index in [1.807, 2.05) is 19.9 Å². The Balaban J connectivity index is 1.83. The molecule has 0 fully saturated rings. The Bertz CT molecular complexity index is 1720. The molecule has 0 aliphatic carbocycles. The van der Waals surface area contributed by atoms with Gasteiger partial charge in [-0.2, -0.15) is 0 Å². The van der Waals surface area contributed by atoms with Crippen LogP contribution in [-0.2, 0) is 25.6 Å². The molecule has 0 aromatic carbocycles. The van der Waals surface area contributed by atoms with E-state index < -0.39 is 11.9 Å². The van der Waals surface area contributed by atoms with Gasteiger partial charge in [0.25, 0.3) is 11.8 Å². The van der Waals surface area contributed by atoms with Gasteiger partial charge in [0.1, 0.15) is 0 Å². The molecule has 222 valence electrons. The second-order valence-electron chi connectivity index (χ2n) is 10.5. The molecule has 3 aliphatic heterocycles. The number of aliphatic imine (C=N–C) groups is 1. The maximum absolute atomic E-state index is 12.3. The zero-order valence-electron chi connectivity index (χ0n) is 24.6. The number of carbonyl (C=O) groups is 4. The summed E-state index contributed by atoms with van der Waals surface area (Å²) in [4.78, 5) is 55.6. The molecule has 1 aromatic heterocycles. The summed E-state index contributed by atoms with van der Waals surface area (Å²) in [6.07, 6.45) is 8.87. The lowest BCUT2D eigenvalue weighted by atomic mass is 9.98. The normalized spacial score (nSPS) is 19.6. The molecule has 0 radical (unpaired) electrons. The molecular weight excluding hydrogens is 548 g/mol. The van der Waals surface area contributed by atoms with Crippen LogP contribution in [0.2, 0.25) is 0 Å². The van der Waals surface area contributed by atoms with Crippen molar-refractivity contribution in [2.45, 2.75) is 53.4 Å². The highest BCUT2D eigenvalue weighted by Crippen LogP contribution is 2.34. The van der Waals surface area contributed by atoms with Crippen molar-refractivity contribution in [1.29, 1.82) is 0 Å². The van der Waals surface area contributed by atoms with E-state index >= 15 is 0 Å². The van der Waals surface area contributed by atoms with Gasteiger partial charge in [0.2, 0.25) is 0 Å². The van der Waals surface area contributed by atoms with E-state index in [0.29, 0.717) is 56.5 Å². The number of nitrogens with one attached hydrogen (secondary N) is 3. The summed E-state index contributed by atoms with van der Waals surface area (Å²) in [6, 6.07) is 0. The minimum Gasteiger partial charge on any atom is -0.481 e. The van der Waals surface area contributed by atoms with Crippen LogP contribution in [0.25, 0.3) is 12.2 Å². The van der Waals surface area contributed by atoms with E-state index in [1.165, 1.54) is 0 Å². The summed E-state index contributed by atoms with van der Waals surface area (Å²) in [5.41, 5.74) is 9.12. The number of hydrogen-bond acceptors (Lipinski definition) is 5. The van der Waals surface area contributed by atoms with Crippen molar-refractivity contribution in [3.63, 3.8) is 0 Å². The summed E-state index contributed by atoms with van der Waals surface area (Å²) < 4.78 is 0. The number of nitrogens with zero attached hydrogens (tertiary/aromatic N) is 1. The highest BCUT2D eigenvalue weighted by Gasteiger charge is 2.27. The number of amides is 2. The van der Waals surface area contributed by atoms with Crippen LogP contribution in [0.5, 0.6) is 0 Å². The molecule has 1 aromatic rings. The second kappa shape index (κ2) is 12.3. The van der Waals surface area contributed by atoms with Crippen LogP contribution >= 0.6 is 0 Å². The monoisotopic (exact) mass is 582 g/mol. The molecule has 0 unspecified atom stereocenters. The topological polar surface area (TPSA) is 161 Å². The number of carboxylic acids is 2. The van der Waals surface area contributed by atoms with Gasteiger partial charge in [0, 0.05) is 46.5 Å². The number of aromatic amines is 1. The summed E-state index contributed by atoms with van der Waals surface area (Å²) in [5.74, 6) is -2.33. The molecule has 0 bridgehead atoms. The minimum atomic E-state index is -0.940. The second-order valence-corrected chi connectivity index (χ2v) is 10.5. The highest BCUT2D eigenvalue weighted by molar-refractivity contribution is 6.14. The third kappa shape index (κ3) is 6.18. The van der Waals surface area contributed by atoms with Crippen molar-refractivity contribution in [3.8, 4) is 0 Å². The van der Waals surface area contributed by atoms with Gasteiger partial charge in [-0.3, -0.25) is 19.2 Å². The Hall–Kier alpha value is -5.25. The lowest BCUT2D eigenvalue weighted by molar-refractivity contribution is -0.137. The fraction of sp³-hybridized carbons (Fsp3) is 0.242. The van der Waals surface area contributed by atoms with Gasteiger partial charge >= 0.3 is 11.9 Å². The van der Waals surface area contributed by atoms with Gasteiger partial charge in [0.05, 0.1) is 22.8 Å². The van der Waals surface area contributed by atoms with Crippen molar-refractivity contribution in [3.05, 3.63) is 104 Å². The maximum Gasteiger partial charge on any atom is 0.303 e. The molecule has 4 rings (SSSR count). The molecule has 0 atom stereocenters. The molecule has 43 heavy (non-hydrogen) atoms. The molecule has 5 N–H and O–H groups in total. The van der Waals surface area contributed by atoms with Gasteiger partial charge in [-0.1, -0.05) is 25.3 Å². The van der Waals surface area contributed by atoms with Crippen molar-refractivity contribution in [1.82, 2.24) is 15.6 Å². The number of rotatable bonds is 11. The van der Waals surface area contributed by atoms with Crippen LogP contribution in [0.3, 0.4) is 0 Å². The SMILES string of the molecule is C=CC1=C(C)C(=O)N/C1=C\C1=NC(=Cc2[nH]c(/C=C3\NC(=O)C(C)=C3C=C)c(CCC(=O)O)c2C)C(C)=C1CCC(=O)O. The first kappa shape index (κ1) is 30.7. The summed E-state index contributed by atoms with van der Waals surface area (Å²) >= 11 is 0. The molecule has 0 saturated heterocycles. The van der Waals surface area contributed by atoms with Crippen LogP contribution in [-0.4, -0.2) is 44.7 Å². The van der Waals surface area contributed by atoms with Gasteiger partial charge in [0.15, 0.2) is 0 Å². The van der Waals surface area contributed by atoms with Crippen molar-refractivity contribution in [2.24, 2.45) is 4.99 Å². The maximum atomic E-state index is 12.3. The number of H-pyrrole nitrogens is 1. The minimum absolute atomic E-state index is 0.0845. The zero-order valence-corrected chi connectivity index (χ0v) is 24.6. The van der Waals surface area contributed by atoms with Gasteiger partial charge in [-0.15, -0.1) is 0 Å². The average Bonchev–Trinajstić information content (AvgIpc) is 3.59. The third-order valence-corrected chi connectivity index (χ3v) is 7.84. The van der Waals surface area contributed by atoms with Crippen LogP contribution in [0.15, 0.2) is 86.9 Å². The molecule has 3 aliphatic rings. The molecule has 10 heteroatoms. The fourth-order valence-electron chi connectivity index (χ4n) is 5.32. The summed E-state index contributed by atoms with van der Waals surface area (Å²) in [5, 5.41) is 24.4. The van der Waals surface area contributed by atoms with Crippen molar-refractivity contribution < 1.29 is 29.4 Å². The van der Waals surface area contributed by atoms with Gasteiger partial charge in [-0.25, -0.2) is 4.99 Å². The van der Waals surface area contributed by atoms with E-state index in [4.69, 9.17) is 4.99 Å². The molecule has 2 amide bonds. The van der Waals surface area contributed by atoms with E-state index in [0.717, 1.165) is 22.3 Å². The van der Waals surface area contributed by atoms with E-state index in [1.54, 1.807) is 38.2 Å². The lowest BCUT2D eigenvalue weighted by Crippen LogP contribution is -2.16. The Morgan fingerprint density at radius 3 is 1.84 bits per heavy atom. The van der Waals surface area contributed by atoms with E-state index in [2.05, 4.69) is 28.8 Å². The number of carboxylic acid groups (broad SMARTS) is 2. The van der Waals surface area contributed by atoms with Gasteiger partial charge in [-0.05, 0) is 81.0 Å². The average molecular weight is 583 g/mol. The van der Waals surface area contributed by atoms with E-state index in [-0.39, 0.29) is 37.5 Å². The molecule has 0 spiro atoms. The Labute approximate surface area is 249 Å². The molecule has 10 nitrogen and oxygen atoms in total. The third-order valence-electron chi connectivity index (χ3n) is 7.84. The molecular formula is C33H34N4O6. The zero-order chi connectivity index (χ0) is 31.6. The Morgan fingerprint density at radius 2 is 1.30 bits per heavy atom. The van der Waals surface area contributed by atoms with E-state index in [9.17, 15) is 29.4 Å². The molecule has 0 saturated carbocycles. The predicted molar refractivity (Wildman–Crippen MR) is 165 cm³/mol. The van der Waals surface area contributed by atoms with Crippen molar-refractivity contribution >= 4 is 41.6 Å². The Kier molecular flexibility index (Phi) is 8.80. The van der Waals surface area contributed by atoms with Gasteiger partial charge < -0.3 is 25.8 Å². The number of carbonyl (C=O) groups excluding carboxylic acids is 2. The lowest BCUT2D eigenvalue weighted by Gasteiger charge is -2.06. The predicted octanol–water partition coefficient (Wildman–Crippen LogP) is 4.81. The van der Waals surface area contributed by atoms with Crippen LogP contribution in [0.4, 0.5) is 0 Å². The fourth-order valence-corrected chi connectivity index (χ4v) is 5.32. The Morgan fingerprint density at radius 1 is 0.767 bits per heavy atom. The van der Waals surface area contributed by atoms with Crippen LogP contribution in [0, 0.1) is 6.92 Å². The number of hydrogen-bond donors (Lipinski definition) is 5. The number of aliphatic carboxylic acids is 2. The van der Waals surface area contributed by atoms with Crippen molar-refractivity contribution in [2.75, 3.05) is 0 Å². The standard InChI is InChI=1S/C33H34N4O6/c1-7-20-18(5)32(42)36-26(20)14-28-22(9-11-30(38)39)16(3)24(34-28)13-25-17(4)23(10-12-31(40)41)29(35-25)15-27-21(8-2)19(6)33(43)37-27/h7-8,13-15,34H,1-2,9-12H2,3-6H3,(H,36,42)(H,37,43)(H,38,39)(H,40,41)/b25-13?,26-14-,27-15-. The van der Waals surface area contributed by atoms with Crippen LogP contribution < -0.4 is 10.6 Å². The number of allylic oxidation sites excluding steroid dienone is 5. The smallest absolute Gasteiger partial charge is 0.303 e. The summed E-state index contributed by atoms with van der Waals surface area (Å²) in [7, 11) is 0. The molecule has 4 heterocycles. The largest absolute Gasteiger partial charge is 0.481 e. The number of aromatic nitrogens is 1. The first-order chi connectivity index (χ1) is 20.4. The first-order valence-corrected chi connectivity index (χ1v) is 13.8.